The summed E-state index contributed by atoms with van der Waals surface area (Å²) in [4.78, 5) is 5.20. The van der Waals surface area contributed by atoms with Crippen molar-refractivity contribution in [1.82, 2.24) is 0 Å². The number of hydrogen-bond donors (Lipinski definition) is 0. The molecule has 1 heterocycles. The second kappa shape index (κ2) is 11.7. The zero-order valence-corrected chi connectivity index (χ0v) is 20.8. The van der Waals surface area contributed by atoms with Crippen molar-refractivity contribution >= 4 is 55.0 Å². The molecule has 152 valence electrons. The average Bonchev–Trinajstić information content (AvgIpc) is 2.68. The number of unbranched alkanes of at least 4 members (excludes halogenated alkanes) is 9. The first-order chi connectivity index (χ1) is 13.7. The van der Waals surface area contributed by atoms with E-state index in [0.29, 0.717) is 0 Å². The largest absolute Gasteiger partial charge is 0.340 e. The van der Waals surface area contributed by atoms with Crippen molar-refractivity contribution in [3.05, 3.63) is 45.3 Å². The Labute approximate surface area is 191 Å². The topological polar surface area (TPSA) is 3.24 Å². The highest BCUT2D eigenvalue weighted by atomic mass is 79.9. The van der Waals surface area contributed by atoms with E-state index < -0.39 is 0 Å². The molecule has 0 aromatic heterocycles. The van der Waals surface area contributed by atoms with Gasteiger partial charge in [-0.2, -0.15) is 0 Å². The lowest BCUT2D eigenvalue weighted by Crippen LogP contribution is -2.22. The molecule has 0 aliphatic carbocycles. The van der Waals surface area contributed by atoms with Crippen LogP contribution in [0, 0.1) is 0 Å². The Bertz CT molecular complexity index is 711. The van der Waals surface area contributed by atoms with Crippen molar-refractivity contribution in [3.8, 4) is 0 Å². The van der Waals surface area contributed by atoms with E-state index in [1.54, 1.807) is 0 Å². The van der Waals surface area contributed by atoms with Crippen LogP contribution in [0.25, 0.3) is 0 Å². The quantitative estimate of drug-likeness (QED) is 0.269. The first kappa shape index (κ1) is 22.2. The van der Waals surface area contributed by atoms with Gasteiger partial charge in [0.25, 0.3) is 0 Å². The molecule has 0 spiro atoms. The van der Waals surface area contributed by atoms with Crippen molar-refractivity contribution in [2.24, 2.45) is 0 Å². The Morgan fingerprint density at radius 2 is 1.14 bits per heavy atom. The molecule has 2 aromatic rings. The van der Waals surface area contributed by atoms with E-state index in [0.717, 1.165) is 15.5 Å². The zero-order valence-electron chi connectivity index (χ0n) is 16.9. The maximum absolute atomic E-state index is 3.63. The molecule has 2 aromatic carbocycles. The van der Waals surface area contributed by atoms with Gasteiger partial charge in [-0.05, 0) is 42.8 Å². The summed E-state index contributed by atoms with van der Waals surface area (Å²) in [6.45, 7) is 3.38. The Hall–Kier alpha value is -0.450. The summed E-state index contributed by atoms with van der Waals surface area (Å²) in [7, 11) is 0. The minimum absolute atomic E-state index is 1.10. The molecule has 4 heteroatoms. The van der Waals surface area contributed by atoms with Crippen LogP contribution in [0.2, 0.25) is 0 Å². The van der Waals surface area contributed by atoms with Crippen LogP contribution < -0.4 is 4.90 Å². The minimum Gasteiger partial charge on any atom is -0.340 e. The lowest BCUT2D eigenvalue weighted by atomic mass is 10.1. The third kappa shape index (κ3) is 6.27. The van der Waals surface area contributed by atoms with Crippen molar-refractivity contribution in [1.29, 1.82) is 0 Å². The van der Waals surface area contributed by atoms with E-state index in [4.69, 9.17) is 0 Å². The van der Waals surface area contributed by atoms with Gasteiger partial charge in [-0.25, -0.2) is 0 Å². The van der Waals surface area contributed by atoms with Gasteiger partial charge < -0.3 is 4.90 Å². The molecular formula is C24H31Br2NS. The van der Waals surface area contributed by atoms with Crippen molar-refractivity contribution in [2.45, 2.75) is 80.9 Å². The molecule has 1 nitrogen and oxygen atoms in total. The Kier molecular flexibility index (Phi) is 9.26. The van der Waals surface area contributed by atoms with Gasteiger partial charge in [-0.1, -0.05) is 108 Å². The summed E-state index contributed by atoms with van der Waals surface area (Å²) in [5.74, 6) is 0. The van der Waals surface area contributed by atoms with Crippen LogP contribution >= 0.6 is 43.6 Å². The second-order valence-corrected chi connectivity index (χ2v) is 10.6. The summed E-state index contributed by atoms with van der Waals surface area (Å²) in [5, 5.41) is 0. The third-order valence-corrected chi connectivity index (χ3v) is 7.46. The Morgan fingerprint density at radius 3 is 1.64 bits per heavy atom. The monoisotopic (exact) mass is 523 g/mol. The van der Waals surface area contributed by atoms with E-state index >= 15 is 0 Å². The molecule has 0 fully saturated rings. The molecule has 1 aliphatic rings. The fraction of sp³-hybridized carbons (Fsp3) is 0.500. The lowest BCUT2D eigenvalue weighted by Gasteiger charge is -2.33. The molecule has 0 amide bonds. The predicted molar refractivity (Wildman–Crippen MR) is 131 cm³/mol. The van der Waals surface area contributed by atoms with Gasteiger partial charge >= 0.3 is 0 Å². The van der Waals surface area contributed by atoms with Crippen molar-refractivity contribution in [3.63, 3.8) is 0 Å². The van der Waals surface area contributed by atoms with Gasteiger partial charge in [-0.3, -0.25) is 0 Å². The summed E-state index contributed by atoms with van der Waals surface area (Å²) in [6.07, 6.45) is 13.8. The van der Waals surface area contributed by atoms with Crippen LogP contribution in [0.3, 0.4) is 0 Å². The Balaban J connectivity index is 1.51. The highest BCUT2D eigenvalue weighted by Crippen LogP contribution is 2.49. The van der Waals surface area contributed by atoms with Gasteiger partial charge in [0.2, 0.25) is 0 Å². The second-order valence-electron chi connectivity index (χ2n) is 7.66. The van der Waals surface area contributed by atoms with Crippen LogP contribution in [-0.2, 0) is 0 Å². The number of anilines is 2. The predicted octanol–water partition coefficient (Wildman–Crippen LogP) is 9.74. The van der Waals surface area contributed by atoms with Gasteiger partial charge in [0.05, 0.1) is 11.4 Å². The van der Waals surface area contributed by atoms with E-state index in [9.17, 15) is 0 Å². The Morgan fingerprint density at radius 1 is 0.679 bits per heavy atom. The summed E-state index contributed by atoms with van der Waals surface area (Å²) < 4.78 is 2.30. The normalized spacial score (nSPS) is 12.8. The summed E-state index contributed by atoms with van der Waals surface area (Å²) >= 11 is 9.13. The molecule has 0 saturated carbocycles. The van der Waals surface area contributed by atoms with E-state index in [1.165, 1.54) is 85.4 Å². The maximum Gasteiger partial charge on any atom is 0.0553 e. The molecule has 0 N–H and O–H groups in total. The first-order valence-corrected chi connectivity index (χ1v) is 13.1. The molecule has 28 heavy (non-hydrogen) atoms. The third-order valence-electron chi connectivity index (χ3n) is 5.38. The number of fused-ring (bicyclic) bond motifs is 2. The molecule has 0 unspecified atom stereocenters. The van der Waals surface area contributed by atoms with Gasteiger partial charge in [0.15, 0.2) is 0 Å². The van der Waals surface area contributed by atoms with Crippen LogP contribution in [0.5, 0.6) is 0 Å². The fourth-order valence-electron chi connectivity index (χ4n) is 3.83. The van der Waals surface area contributed by atoms with Crippen molar-refractivity contribution in [2.75, 3.05) is 11.4 Å². The van der Waals surface area contributed by atoms with E-state index in [2.05, 4.69) is 80.1 Å². The SMILES string of the molecule is CCCCCCCCCCCCN1c2ccc(Br)cc2Sc2cc(Br)ccc21. The number of halogens is 2. The molecule has 0 saturated heterocycles. The van der Waals surface area contributed by atoms with Gasteiger partial charge in [0, 0.05) is 25.3 Å². The maximum atomic E-state index is 3.63. The minimum atomic E-state index is 1.10. The molecule has 3 rings (SSSR count). The van der Waals surface area contributed by atoms with Gasteiger partial charge in [-0.15, -0.1) is 0 Å². The zero-order chi connectivity index (χ0) is 19.8. The number of rotatable bonds is 11. The fourth-order valence-corrected chi connectivity index (χ4v) is 6.03. The van der Waals surface area contributed by atoms with E-state index in [-0.39, 0.29) is 0 Å². The molecule has 1 aliphatic heterocycles. The molecule has 0 atom stereocenters. The lowest BCUT2D eigenvalue weighted by molar-refractivity contribution is 0.557. The molecular weight excluding hydrogens is 494 g/mol. The average molecular weight is 525 g/mol. The molecule has 0 bridgehead atoms. The number of benzene rings is 2. The number of hydrogen-bond acceptors (Lipinski definition) is 2. The summed E-state index contributed by atoms with van der Waals surface area (Å²) in [5.41, 5.74) is 2.69. The first-order valence-electron chi connectivity index (χ1n) is 10.7. The molecule has 0 radical (unpaired) electrons. The highest BCUT2D eigenvalue weighted by Gasteiger charge is 2.23. The smallest absolute Gasteiger partial charge is 0.0553 e. The van der Waals surface area contributed by atoms with E-state index in [1.807, 2.05) is 11.8 Å². The highest BCUT2D eigenvalue weighted by molar-refractivity contribution is 9.10. The standard InChI is InChI=1S/C24H31Br2NS/c1-2-3-4-5-6-7-8-9-10-11-16-27-21-14-12-19(25)17-23(21)28-24-18-20(26)13-15-22(24)27/h12-15,17-18H,2-11,16H2,1H3. The van der Waals surface area contributed by atoms with Crippen LogP contribution in [0.4, 0.5) is 11.4 Å². The van der Waals surface area contributed by atoms with Crippen LogP contribution in [0.15, 0.2) is 55.1 Å². The van der Waals surface area contributed by atoms with Crippen LogP contribution in [-0.4, -0.2) is 6.54 Å². The summed E-state index contributed by atoms with van der Waals surface area (Å²) in [6, 6.07) is 13.3. The van der Waals surface area contributed by atoms with Crippen LogP contribution in [0.1, 0.15) is 71.1 Å². The number of nitrogens with zero attached hydrogens (tertiary/aromatic N) is 1. The van der Waals surface area contributed by atoms with Gasteiger partial charge in [0.1, 0.15) is 0 Å². The van der Waals surface area contributed by atoms with Crippen molar-refractivity contribution < 1.29 is 0 Å².